The fraction of sp³-hybridized carbons (Fsp3) is 0.222. The Labute approximate surface area is 199 Å². The number of anilines is 1. The maximum absolute atomic E-state index is 12.7. The zero-order valence-corrected chi connectivity index (χ0v) is 19.1. The van der Waals surface area contributed by atoms with Gasteiger partial charge in [-0.05, 0) is 35.4 Å². The summed E-state index contributed by atoms with van der Waals surface area (Å²) in [4.78, 5) is 23.3. The highest BCUT2D eigenvalue weighted by Gasteiger charge is 2.23. The molecule has 0 unspecified atom stereocenters. The number of nitrogens with zero attached hydrogens (tertiary/aromatic N) is 2. The number of esters is 2. The molecule has 3 rings (SSSR count). The molecule has 34 heavy (non-hydrogen) atoms. The molecule has 2 aromatic carbocycles. The molecule has 0 N–H and O–H groups in total. The normalized spacial score (nSPS) is 13.3. The fourth-order valence-electron chi connectivity index (χ4n) is 3.19. The van der Waals surface area contributed by atoms with E-state index in [9.17, 15) is 14.0 Å². The number of piperidine rings is 1. The van der Waals surface area contributed by atoms with Gasteiger partial charge in [0, 0.05) is 37.7 Å². The van der Waals surface area contributed by atoms with Gasteiger partial charge in [0.25, 0.3) is 0 Å². The van der Waals surface area contributed by atoms with Crippen molar-refractivity contribution in [2.45, 2.75) is 18.9 Å². The van der Waals surface area contributed by atoms with Crippen molar-refractivity contribution in [2.24, 2.45) is 0 Å². The second-order valence-electron chi connectivity index (χ2n) is 7.38. The van der Waals surface area contributed by atoms with E-state index in [4.69, 9.17) is 10.00 Å². The van der Waals surface area contributed by atoms with E-state index in [1.807, 2.05) is 24.3 Å². The monoisotopic (exact) mass is 462 g/mol. The van der Waals surface area contributed by atoms with Gasteiger partial charge in [-0.2, -0.15) is 9.65 Å². The topological polar surface area (TPSA) is 79.6 Å². The van der Waals surface area contributed by atoms with Crippen molar-refractivity contribution in [2.75, 3.05) is 25.1 Å². The quantitative estimate of drug-likeness (QED) is 0.339. The van der Waals surface area contributed by atoms with Gasteiger partial charge in [-0.25, -0.2) is 9.59 Å². The van der Waals surface area contributed by atoms with Crippen molar-refractivity contribution in [3.63, 3.8) is 0 Å². The van der Waals surface area contributed by atoms with Gasteiger partial charge in [0.2, 0.25) is 5.83 Å². The molecule has 0 aliphatic carbocycles. The Kier molecular flexibility index (Phi) is 10.3. The van der Waals surface area contributed by atoms with Crippen LogP contribution in [-0.2, 0) is 19.1 Å². The lowest BCUT2D eigenvalue weighted by Crippen LogP contribution is -2.37. The van der Waals surface area contributed by atoms with Crippen molar-refractivity contribution in [1.29, 1.82) is 5.26 Å². The number of hydrogen-bond donors (Lipinski definition) is 0. The summed E-state index contributed by atoms with van der Waals surface area (Å²) in [5.41, 5.74) is 3.87. The Hall–Kier alpha value is -4.18. The highest BCUT2D eigenvalue weighted by molar-refractivity contribution is 5.85. The van der Waals surface area contributed by atoms with E-state index in [1.54, 1.807) is 12.1 Å². The van der Waals surface area contributed by atoms with Gasteiger partial charge in [-0.1, -0.05) is 49.6 Å². The van der Waals surface area contributed by atoms with Crippen LogP contribution in [0.1, 0.15) is 29.5 Å². The maximum atomic E-state index is 12.7. The molecule has 7 heteroatoms. The summed E-state index contributed by atoms with van der Waals surface area (Å²) in [5.74, 6) is -2.40. The lowest BCUT2D eigenvalue weighted by Gasteiger charge is -2.33. The van der Waals surface area contributed by atoms with Crippen LogP contribution in [0.5, 0.6) is 0 Å². The summed E-state index contributed by atoms with van der Waals surface area (Å²) >= 11 is 0. The van der Waals surface area contributed by atoms with Crippen LogP contribution in [0.3, 0.4) is 0 Å². The highest BCUT2D eigenvalue weighted by Crippen LogP contribution is 2.23. The number of rotatable bonds is 6. The van der Waals surface area contributed by atoms with Gasteiger partial charge in [0.15, 0.2) is 0 Å². The smallest absolute Gasteiger partial charge is 0.366 e. The first-order valence-corrected chi connectivity index (χ1v) is 10.6. The van der Waals surface area contributed by atoms with Gasteiger partial charge in [-0.15, -0.1) is 0 Å². The number of carbonyl (C=O) groups is 2. The van der Waals surface area contributed by atoms with Crippen molar-refractivity contribution >= 4 is 29.8 Å². The van der Waals surface area contributed by atoms with E-state index in [-0.39, 0.29) is 6.10 Å². The number of methoxy groups -OCH3 is 1. The predicted octanol–water partition coefficient (Wildman–Crippen LogP) is 5.07. The van der Waals surface area contributed by atoms with Crippen LogP contribution in [0.2, 0.25) is 0 Å². The van der Waals surface area contributed by atoms with Crippen molar-refractivity contribution < 1.29 is 23.5 Å². The molecule has 2 aromatic rings. The second kappa shape index (κ2) is 13.4. The molecular formula is C27H27FN2O4. The van der Waals surface area contributed by atoms with Gasteiger partial charge in [-0.3, -0.25) is 0 Å². The van der Waals surface area contributed by atoms with Crippen molar-refractivity contribution in [3.05, 3.63) is 90.3 Å². The minimum Gasteiger partial charge on any atom is -0.466 e. The van der Waals surface area contributed by atoms with E-state index in [0.29, 0.717) is 18.4 Å². The van der Waals surface area contributed by atoms with Crippen LogP contribution in [0.15, 0.2) is 73.6 Å². The van der Waals surface area contributed by atoms with Gasteiger partial charge in [0.05, 0.1) is 18.7 Å². The van der Waals surface area contributed by atoms with E-state index >= 15 is 0 Å². The Morgan fingerprint density at radius 3 is 2.00 bits per heavy atom. The average molecular weight is 463 g/mol. The fourth-order valence-corrected chi connectivity index (χ4v) is 3.19. The third-order valence-electron chi connectivity index (χ3n) is 5.07. The number of benzene rings is 2. The zero-order chi connectivity index (χ0) is 24.9. The Bertz CT molecular complexity index is 1060. The lowest BCUT2D eigenvalue weighted by atomic mass is 10.1. The lowest BCUT2D eigenvalue weighted by molar-refractivity contribution is -0.146. The number of hydrogen-bond acceptors (Lipinski definition) is 6. The van der Waals surface area contributed by atoms with Crippen LogP contribution < -0.4 is 4.90 Å². The van der Waals surface area contributed by atoms with E-state index in [0.717, 1.165) is 36.0 Å². The van der Waals surface area contributed by atoms with E-state index in [1.165, 1.54) is 7.11 Å². The number of ether oxygens (including phenoxy) is 2. The SMILES string of the molecule is C=C(F)C(=O)OC1CCN(c2ccc(C=Cc3ccc(C#N)cc3)cc2)CC1.C=CC(=O)OC. The van der Waals surface area contributed by atoms with Crippen LogP contribution in [0, 0.1) is 11.3 Å². The molecule has 0 aromatic heterocycles. The third-order valence-corrected chi connectivity index (χ3v) is 5.07. The van der Waals surface area contributed by atoms with Gasteiger partial charge in [0.1, 0.15) is 6.10 Å². The first-order valence-electron chi connectivity index (χ1n) is 10.6. The molecule has 0 amide bonds. The Morgan fingerprint density at radius 2 is 1.59 bits per heavy atom. The molecule has 0 radical (unpaired) electrons. The average Bonchev–Trinajstić information content (AvgIpc) is 2.88. The molecule has 0 spiro atoms. The standard InChI is InChI=1S/C23H21FN2O2.C4H6O2/c1-17(24)23(27)28-22-12-14-26(15-13-22)21-10-8-19(9-11-21)3-2-18-4-6-20(16-25)7-5-18;1-3-4(5)6-2/h2-11,22H,1,12-15H2;3H,1H2,2H3. The maximum Gasteiger partial charge on any atom is 0.366 e. The first-order chi connectivity index (χ1) is 16.4. The summed E-state index contributed by atoms with van der Waals surface area (Å²) < 4.78 is 22.0. The zero-order valence-electron chi connectivity index (χ0n) is 19.1. The number of halogens is 1. The van der Waals surface area contributed by atoms with E-state index in [2.05, 4.69) is 53.1 Å². The molecule has 1 saturated heterocycles. The highest BCUT2D eigenvalue weighted by atomic mass is 19.1. The summed E-state index contributed by atoms with van der Waals surface area (Å²) in [5, 5.41) is 8.83. The molecule has 0 bridgehead atoms. The second-order valence-corrected chi connectivity index (χ2v) is 7.38. The molecule has 0 atom stereocenters. The Morgan fingerprint density at radius 1 is 1.06 bits per heavy atom. The van der Waals surface area contributed by atoms with Crippen molar-refractivity contribution in [1.82, 2.24) is 0 Å². The van der Waals surface area contributed by atoms with Gasteiger partial charge < -0.3 is 14.4 Å². The van der Waals surface area contributed by atoms with Crippen LogP contribution >= 0.6 is 0 Å². The van der Waals surface area contributed by atoms with Crippen molar-refractivity contribution in [3.8, 4) is 6.07 Å². The largest absolute Gasteiger partial charge is 0.466 e. The third kappa shape index (κ3) is 8.40. The molecule has 1 aliphatic rings. The first kappa shape index (κ1) is 26.1. The molecule has 6 nitrogen and oxygen atoms in total. The summed E-state index contributed by atoms with van der Waals surface area (Å²) in [6.45, 7) is 7.61. The summed E-state index contributed by atoms with van der Waals surface area (Å²) in [7, 11) is 1.31. The minimum atomic E-state index is -1.05. The minimum absolute atomic E-state index is 0.258. The molecule has 0 saturated carbocycles. The molecule has 176 valence electrons. The number of nitriles is 1. The Balaban J connectivity index is 0.000000604. The molecule has 1 heterocycles. The predicted molar refractivity (Wildman–Crippen MR) is 130 cm³/mol. The molecule has 1 aliphatic heterocycles. The summed E-state index contributed by atoms with van der Waals surface area (Å²) in [6.07, 6.45) is 6.22. The van der Waals surface area contributed by atoms with E-state index < -0.39 is 17.8 Å². The number of carbonyl (C=O) groups excluding carboxylic acids is 2. The van der Waals surface area contributed by atoms with Crippen LogP contribution in [0.4, 0.5) is 10.1 Å². The van der Waals surface area contributed by atoms with Gasteiger partial charge >= 0.3 is 11.9 Å². The molecule has 1 fully saturated rings. The molecular weight excluding hydrogens is 435 g/mol. The summed E-state index contributed by atoms with van der Waals surface area (Å²) in [6, 6.07) is 17.8. The van der Waals surface area contributed by atoms with Crippen LogP contribution in [-0.4, -0.2) is 38.2 Å². The van der Waals surface area contributed by atoms with Crippen LogP contribution in [0.25, 0.3) is 12.2 Å².